The van der Waals surface area contributed by atoms with E-state index in [0.717, 1.165) is 61.2 Å². The van der Waals surface area contributed by atoms with E-state index in [1.54, 1.807) is 0 Å². The van der Waals surface area contributed by atoms with Gasteiger partial charge in [0.2, 0.25) is 0 Å². The van der Waals surface area contributed by atoms with E-state index in [0.29, 0.717) is 0 Å². The van der Waals surface area contributed by atoms with Gasteiger partial charge in [-0.2, -0.15) is 0 Å². The van der Waals surface area contributed by atoms with Crippen LogP contribution in [0.15, 0.2) is 41.8 Å². The molecule has 0 amide bonds. The first-order valence-corrected chi connectivity index (χ1v) is 13.8. The van der Waals surface area contributed by atoms with Gasteiger partial charge in [0.15, 0.2) is 0 Å². The Morgan fingerprint density at radius 1 is 1.00 bits per heavy atom. The molecule has 5 heteroatoms. The summed E-state index contributed by atoms with van der Waals surface area (Å²) >= 11 is 8.39. The normalized spacial score (nSPS) is 16.9. The summed E-state index contributed by atoms with van der Waals surface area (Å²) < 4.78 is 0. The molecule has 0 radical (unpaired) electrons. The maximum absolute atomic E-state index is 6.57. The lowest BCUT2D eigenvalue weighted by Crippen LogP contribution is -2.16. The molecule has 5 rings (SSSR count). The number of benzene rings is 2. The second kappa shape index (κ2) is 11.0. The van der Waals surface area contributed by atoms with Crippen molar-refractivity contribution in [3.63, 3.8) is 0 Å². The number of halogens is 1. The molecule has 3 aromatic rings. The van der Waals surface area contributed by atoms with Crippen LogP contribution in [0.4, 0.5) is 5.69 Å². The number of rotatable bonds is 7. The zero-order valence-electron chi connectivity index (χ0n) is 19.3. The number of aryl methyl sites for hydroxylation is 1. The predicted molar refractivity (Wildman–Crippen MR) is 142 cm³/mol. The smallest absolute Gasteiger partial charge is 0.0932 e. The second-order valence-corrected chi connectivity index (χ2v) is 10.9. The molecule has 0 spiro atoms. The maximum Gasteiger partial charge on any atom is 0.0932 e. The maximum atomic E-state index is 6.57. The van der Waals surface area contributed by atoms with E-state index in [2.05, 4.69) is 46.3 Å². The lowest BCUT2D eigenvalue weighted by atomic mass is 9.86. The lowest BCUT2D eigenvalue weighted by Gasteiger charge is -2.20. The van der Waals surface area contributed by atoms with Crippen LogP contribution < -0.4 is 10.6 Å². The Kier molecular flexibility index (Phi) is 7.65. The van der Waals surface area contributed by atoms with Gasteiger partial charge in [0.05, 0.1) is 21.4 Å². The van der Waals surface area contributed by atoms with Crippen molar-refractivity contribution in [3.05, 3.63) is 68.5 Å². The van der Waals surface area contributed by atoms with Crippen LogP contribution in [0, 0.1) is 5.92 Å². The monoisotopic (exact) mass is 479 g/mol. The molecule has 2 aliphatic rings. The van der Waals surface area contributed by atoms with Crippen molar-refractivity contribution < 1.29 is 0 Å². The number of anilines is 1. The van der Waals surface area contributed by atoms with Gasteiger partial charge in [0.25, 0.3) is 0 Å². The summed E-state index contributed by atoms with van der Waals surface area (Å²) in [6.45, 7) is 2.81. The number of nitrogens with one attached hydrogen (secondary N) is 2. The van der Waals surface area contributed by atoms with E-state index in [9.17, 15) is 0 Å². The van der Waals surface area contributed by atoms with Gasteiger partial charge in [-0.1, -0.05) is 74.0 Å². The quantitative estimate of drug-likeness (QED) is 0.374. The molecule has 33 heavy (non-hydrogen) atoms. The zero-order valence-corrected chi connectivity index (χ0v) is 20.9. The number of thiazole rings is 1. The van der Waals surface area contributed by atoms with E-state index in [4.69, 9.17) is 16.6 Å². The molecular formula is C28H34ClN3S. The van der Waals surface area contributed by atoms with Crippen molar-refractivity contribution in [3.8, 4) is 11.3 Å². The van der Waals surface area contributed by atoms with E-state index < -0.39 is 0 Å². The summed E-state index contributed by atoms with van der Waals surface area (Å²) in [5.74, 6) is 0.919. The van der Waals surface area contributed by atoms with Gasteiger partial charge in [0.1, 0.15) is 0 Å². The van der Waals surface area contributed by atoms with Crippen LogP contribution in [0.25, 0.3) is 11.3 Å². The molecule has 0 bridgehead atoms. The van der Waals surface area contributed by atoms with Crippen molar-refractivity contribution in [2.45, 2.75) is 64.3 Å². The Morgan fingerprint density at radius 2 is 1.82 bits per heavy atom. The average molecular weight is 480 g/mol. The highest BCUT2D eigenvalue weighted by molar-refractivity contribution is 7.09. The predicted octanol–water partition coefficient (Wildman–Crippen LogP) is 7.28. The van der Waals surface area contributed by atoms with Crippen LogP contribution >= 0.6 is 22.9 Å². The highest BCUT2D eigenvalue weighted by Crippen LogP contribution is 2.32. The van der Waals surface area contributed by atoms with Crippen molar-refractivity contribution in [2.24, 2.45) is 5.92 Å². The third-order valence-corrected chi connectivity index (χ3v) is 8.47. The fourth-order valence-corrected chi connectivity index (χ4v) is 6.35. The first-order chi connectivity index (χ1) is 16.3. The molecule has 174 valence electrons. The minimum atomic E-state index is 0.771. The molecule has 2 aromatic carbocycles. The third-order valence-electron chi connectivity index (χ3n) is 7.24. The molecule has 1 aliphatic carbocycles. The largest absolute Gasteiger partial charge is 0.380 e. The third kappa shape index (κ3) is 5.79. The van der Waals surface area contributed by atoms with Crippen LogP contribution in [0.3, 0.4) is 0 Å². The van der Waals surface area contributed by atoms with Gasteiger partial charge in [-0.3, -0.25) is 0 Å². The van der Waals surface area contributed by atoms with Crippen LogP contribution in [-0.4, -0.2) is 18.1 Å². The Morgan fingerprint density at radius 3 is 2.67 bits per heavy atom. The molecule has 1 aliphatic heterocycles. The van der Waals surface area contributed by atoms with Crippen molar-refractivity contribution in [2.75, 3.05) is 18.4 Å². The van der Waals surface area contributed by atoms with Crippen molar-refractivity contribution in [1.29, 1.82) is 0 Å². The number of hydrogen-bond donors (Lipinski definition) is 2. The van der Waals surface area contributed by atoms with Gasteiger partial charge >= 0.3 is 0 Å². The molecule has 0 unspecified atom stereocenters. The molecular weight excluding hydrogens is 446 g/mol. The topological polar surface area (TPSA) is 37.0 Å². The number of fused-ring (bicyclic) bond motifs is 1. The number of nitrogens with zero attached hydrogens (tertiary/aromatic N) is 1. The molecule has 2 heterocycles. The fraction of sp³-hybridized carbons (Fsp3) is 0.464. The van der Waals surface area contributed by atoms with Gasteiger partial charge < -0.3 is 10.6 Å². The molecule has 0 saturated heterocycles. The summed E-state index contributed by atoms with van der Waals surface area (Å²) in [5, 5.41) is 11.4. The molecule has 1 fully saturated rings. The van der Waals surface area contributed by atoms with Crippen LogP contribution in [-0.2, 0) is 25.8 Å². The van der Waals surface area contributed by atoms with Crippen molar-refractivity contribution in [1.82, 2.24) is 10.3 Å². The summed E-state index contributed by atoms with van der Waals surface area (Å²) in [6.07, 6.45) is 11.6. The van der Waals surface area contributed by atoms with Gasteiger partial charge in [-0.25, -0.2) is 4.98 Å². The van der Waals surface area contributed by atoms with Gasteiger partial charge in [-0.05, 0) is 67.4 Å². The Bertz CT molecular complexity index is 1050. The van der Waals surface area contributed by atoms with Crippen LogP contribution in [0.5, 0.6) is 0 Å². The Hall–Kier alpha value is -1.88. The fourth-order valence-electron chi connectivity index (χ4n) is 5.28. The molecule has 2 N–H and O–H groups in total. The zero-order chi connectivity index (χ0) is 22.5. The molecule has 1 saturated carbocycles. The summed E-state index contributed by atoms with van der Waals surface area (Å²) in [5.41, 5.74) is 7.45. The van der Waals surface area contributed by atoms with Gasteiger partial charge in [-0.15, -0.1) is 11.3 Å². The second-order valence-electron chi connectivity index (χ2n) is 9.53. The van der Waals surface area contributed by atoms with E-state index in [1.165, 1.54) is 65.8 Å². The highest BCUT2D eigenvalue weighted by atomic mass is 35.5. The van der Waals surface area contributed by atoms with E-state index in [1.807, 2.05) is 17.4 Å². The van der Waals surface area contributed by atoms with E-state index >= 15 is 0 Å². The highest BCUT2D eigenvalue weighted by Gasteiger charge is 2.16. The van der Waals surface area contributed by atoms with Crippen LogP contribution in [0.1, 0.15) is 60.2 Å². The van der Waals surface area contributed by atoms with E-state index in [-0.39, 0.29) is 0 Å². The summed E-state index contributed by atoms with van der Waals surface area (Å²) in [6, 6.07) is 13.0. The molecule has 0 atom stereocenters. The summed E-state index contributed by atoms with van der Waals surface area (Å²) in [4.78, 5) is 4.94. The lowest BCUT2D eigenvalue weighted by molar-refractivity contribution is 0.339. The first kappa shape index (κ1) is 22.9. The Labute approximate surface area is 207 Å². The minimum absolute atomic E-state index is 0.771. The van der Waals surface area contributed by atoms with Crippen molar-refractivity contribution >= 4 is 28.6 Å². The first-order valence-electron chi connectivity index (χ1n) is 12.5. The standard InChI is InChI=1S/C28H34ClN3S/c29-25-12-11-22-14-16-30-17-15-24(22)28(25)31-18-21-6-9-23(10-7-21)26-19-33-27(32-26)13-8-20-4-2-1-3-5-20/h6-7,9-12,19-20,30-31H,1-5,8,13-18H2. The minimum Gasteiger partial charge on any atom is -0.380 e. The number of hydrogen-bond acceptors (Lipinski definition) is 4. The SMILES string of the molecule is Clc1ccc2c(c1NCc1ccc(-c3csc(CCC4CCCCC4)n3)cc1)CCNCC2. The molecule has 1 aromatic heterocycles. The Balaban J connectivity index is 1.20. The average Bonchev–Trinajstić information content (AvgIpc) is 3.20. The number of aromatic nitrogens is 1. The summed E-state index contributed by atoms with van der Waals surface area (Å²) in [7, 11) is 0. The van der Waals surface area contributed by atoms with Crippen LogP contribution in [0.2, 0.25) is 5.02 Å². The molecule has 3 nitrogen and oxygen atoms in total. The van der Waals surface area contributed by atoms with Gasteiger partial charge in [0, 0.05) is 17.5 Å².